The van der Waals surface area contributed by atoms with Crippen molar-refractivity contribution in [2.45, 2.75) is 122 Å². The Bertz CT molecular complexity index is 3590. The van der Waals surface area contributed by atoms with Gasteiger partial charge < -0.3 is 50.9 Å². The molecule has 0 atom stereocenters. The lowest BCUT2D eigenvalue weighted by Gasteiger charge is -2.39. The van der Waals surface area contributed by atoms with E-state index >= 15 is 4.39 Å². The van der Waals surface area contributed by atoms with E-state index in [2.05, 4.69) is 52.9 Å². The van der Waals surface area contributed by atoms with Crippen LogP contribution in [0.2, 0.25) is 0 Å². The van der Waals surface area contributed by atoms with Gasteiger partial charge in [0, 0.05) is 113 Å². The van der Waals surface area contributed by atoms with E-state index < -0.39 is 29.5 Å². The standard InChI is InChI=1S/C66H84FN15O8/c1-42(2)90-60(87)39-70-56(83)38-69-57(84)41-82-53-9-7-8-50(51-35-54-48(34-52(51)67)36-72-76(54)3)61(53)62(75-82)46-22-30-80(31-23-46)59(86)15-14-58(85)79-28-16-43(17-29-79)40-77-26-18-47(19-27-77)66(89)81-32-20-45(21-33-81)44-10-12-49(13-11-44)73-65-63(64(68)88)71-37-55(74-65)78-24-5-4-6-25-78/h7-13,34-37,42-43,45-47H,4-6,14-33,38-41H2,1-3H3,(H2,68,88)(H,69,84)(H,70,83)(H,73,74). The summed E-state index contributed by atoms with van der Waals surface area (Å²) in [7, 11) is 1.79. The fourth-order valence-corrected chi connectivity index (χ4v) is 13.8. The summed E-state index contributed by atoms with van der Waals surface area (Å²) in [5.74, 6) is -0.760. The van der Waals surface area contributed by atoms with Gasteiger partial charge in [-0.2, -0.15) is 10.2 Å². The quantitative estimate of drug-likeness (QED) is 0.0604. The van der Waals surface area contributed by atoms with Gasteiger partial charge in [0.15, 0.2) is 11.5 Å². The number of aromatic nitrogens is 6. The van der Waals surface area contributed by atoms with E-state index in [1.54, 1.807) is 54.8 Å². The van der Waals surface area contributed by atoms with Gasteiger partial charge in [-0.1, -0.05) is 24.3 Å². The molecule has 11 rings (SSSR count). The minimum atomic E-state index is -0.633. The Balaban J connectivity index is 0.609. The summed E-state index contributed by atoms with van der Waals surface area (Å²) in [5, 5.41) is 19.0. The molecule has 23 nitrogen and oxygen atoms in total. The van der Waals surface area contributed by atoms with Crippen molar-refractivity contribution in [1.82, 2.24) is 59.8 Å². The van der Waals surface area contributed by atoms with Crippen LogP contribution in [0.25, 0.3) is 32.9 Å². The average molecular weight is 1230 g/mol. The molecule has 5 aliphatic heterocycles. The molecule has 6 aromatic rings. The lowest BCUT2D eigenvalue weighted by molar-refractivity contribution is -0.147. The summed E-state index contributed by atoms with van der Waals surface area (Å²) in [4.78, 5) is 111. The number of rotatable bonds is 20. The number of likely N-dealkylation sites (tertiary alicyclic amines) is 4. The van der Waals surface area contributed by atoms with Gasteiger partial charge >= 0.3 is 5.97 Å². The molecule has 5 saturated heterocycles. The number of carbonyl (C=O) groups is 7. The molecule has 3 aromatic heterocycles. The minimum Gasteiger partial charge on any atom is -0.462 e. The van der Waals surface area contributed by atoms with Gasteiger partial charge in [-0.15, -0.1) is 0 Å². The Morgan fingerprint density at radius 1 is 0.700 bits per heavy atom. The van der Waals surface area contributed by atoms with Gasteiger partial charge in [-0.05, 0) is 151 Å². The van der Waals surface area contributed by atoms with Crippen molar-refractivity contribution in [2.24, 2.45) is 24.6 Å². The molecule has 5 N–H and O–H groups in total. The topological polar surface area (TPSA) is 268 Å². The Kier molecular flexibility index (Phi) is 20.0. The number of nitrogens with two attached hydrogens (primary N) is 1. The highest BCUT2D eigenvalue weighted by molar-refractivity contribution is 6.00. The summed E-state index contributed by atoms with van der Waals surface area (Å²) < 4.78 is 24.4. The maximum atomic E-state index is 16.1. The van der Waals surface area contributed by atoms with E-state index in [9.17, 15) is 33.6 Å². The monoisotopic (exact) mass is 1230 g/mol. The first-order valence-corrected chi connectivity index (χ1v) is 32.2. The number of benzene rings is 3. The van der Waals surface area contributed by atoms with Gasteiger partial charge in [-0.3, -0.25) is 42.9 Å². The second kappa shape index (κ2) is 28.5. The number of primary amides is 1. The number of hydrogen-bond acceptors (Lipinski definition) is 15. The summed E-state index contributed by atoms with van der Waals surface area (Å²) in [6.45, 7) is 10.7. The highest BCUT2D eigenvalue weighted by Gasteiger charge is 2.35. The number of ether oxygens (including phenoxy) is 1. The number of aryl methyl sites for hydroxylation is 1. The van der Waals surface area contributed by atoms with Crippen LogP contribution >= 0.6 is 0 Å². The minimum absolute atomic E-state index is 0.00955. The normalized spacial score (nSPS) is 17.7. The van der Waals surface area contributed by atoms with Crippen molar-refractivity contribution in [2.75, 3.05) is 95.3 Å². The third-order valence-corrected chi connectivity index (χ3v) is 18.8. The molecule has 24 heteroatoms. The predicted molar refractivity (Wildman–Crippen MR) is 338 cm³/mol. The number of hydrogen-bond donors (Lipinski definition) is 4. The van der Waals surface area contributed by atoms with E-state index in [1.165, 1.54) is 18.1 Å². The third-order valence-electron chi connectivity index (χ3n) is 18.8. The Hall–Kier alpha value is -8.54. The molecule has 5 aliphatic rings. The largest absolute Gasteiger partial charge is 0.462 e. The average Bonchev–Trinajstić information content (AvgIpc) is 1.69. The summed E-state index contributed by atoms with van der Waals surface area (Å²) in [5.41, 5.74) is 10.8. The number of carbonyl (C=O) groups excluding carboxylic acids is 7. The summed E-state index contributed by atoms with van der Waals surface area (Å²) >= 11 is 0. The molecule has 0 aliphatic carbocycles. The van der Waals surface area contributed by atoms with Crippen LogP contribution in [0.4, 0.5) is 21.7 Å². The maximum absolute atomic E-state index is 16.1. The number of halogens is 1. The third kappa shape index (κ3) is 15.0. The Labute approximate surface area is 523 Å². The van der Waals surface area contributed by atoms with Crippen LogP contribution in [0, 0.1) is 17.7 Å². The lowest BCUT2D eigenvalue weighted by atomic mass is 9.87. The Morgan fingerprint density at radius 2 is 1.36 bits per heavy atom. The molecule has 90 heavy (non-hydrogen) atoms. The SMILES string of the molecule is CC(C)OC(=O)CNC(=O)CNC(=O)Cn1nc(C2CCN(C(=O)CCC(=O)N3CCC(CN4CCC(C(=O)N5CCC(c6ccc(Nc7nc(N8CCCCC8)cnc7C(N)=O)cc6)CC5)CC4)CC3)CC2)c2c(-c3cc4c(cnn4C)cc3F)cccc21. The van der Waals surface area contributed by atoms with Gasteiger partial charge in [0.05, 0.1) is 41.8 Å². The molecular weight excluding hydrogens is 1150 g/mol. The van der Waals surface area contributed by atoms with Gasteiger partial charge in [0.25, 0.3) is 5.91 Å². The molecular formula is C66H84FN15O8. The molecule has 8 heterocycles. The van der Waals surface area contributed by atoms with E-state index in [0.29, 0.717) is 89.8 Å². The number of amides is 6. The first-order chi connectivity index (χ1) is 43.5. The van der Waals surface area contributed by atoms with Crippen molar-refractivity contribution in [3.05, 3.63) is 89.8 Å². The zero-order chi connectivity index (χ0) is 63.0. The smallest absolute Gasteiger partial charge is 0.325 e. The lowest BCUT2D eigenvalue weighted by Crippen LogP contribution is -2.47. The van der Waals surface area contributed by atoms with Crippen LogP contribution in [0.1, 0.15) is 131 Å². The van der Waals surface area contributed by atoms with E-state index in [0.717, 1.165) is 114 Å². The zero-order valence-corrected chi connectivity index (χ0v) is 52.0. The summed E-state index contributed by atoms with van der Waals surface area (Å²) in [6.07, 6.45) is 13.0. The number of anilines is 3. The first-order valence-electron chi connectivity index (χ1n) is 32.2. The first kappa shape index (κ1) is 63.0. The maximum Gasteiger partial charge on any atom is 0.325 e. The van der Waals surface area contributed by atoms with Crippen LogP contribution in [0.5, 0.6) is 0 Å². The second-order valence-electron chi connectivity index (χ2n) is 25.2. The number of nitrogens with zero attached hydrogens (tertiary/aromatic N) is 11. The predicted octanol–water partition coefficient (Wildman–Crippen LogP) is 6.38. The van der Waals surface area contributed by atoms with E-state index in [1.807, 2.05) is 34.1 Å². The van der Waals surface area contributed by atoms with Crippen molar-refractivity contribution in [1.29, 1.82) is 0 Å². The molecule has 6 amide bonds. The molecule has 0 spiro atoms. The fraction of sp³-hybridized carbons (Fsp3) is 0.530. The van der Waals surface area contributed by atoms with Gasteiger partial charge in [-0.25, -0.2) is 14.4 Å². The molecule has 5 fully saturated rings. The summed E-state index contributed by atoms with van der Waals surface area (Å²) in [6, 6.07) is 16.9. The molecule has 478 valence electrons. The van der Waals surface area contributed by atoms with Crippen LogP contribution in [0.15, 0.2) is 67.0 Å². The van der Waals surface area contributed by atoms with Crippen LogP contribution in [-0.2, 0) is 47.1 Å². The van der Waals surface area contributed by atoms with Crippen LogP contribution in [0.3, 0.4) is 0 Å². The second-order valence-corrected chi connectivity index (χ2v) is 25.2. The highest BCUT2D eigenvalue weighted by atomic mass is 19.1. The molecule has 0 bridgehead atoms. The van der Waals surface area contributed by atoms with Crippen LogP contribution in [-0.4, -0.2) is 182 Å². The van der Waals surface area contributed by atoms with Gasteiger partial charge in [0.2, 0.25) is 29.5 Å². The van der Waals surface area contributed by atoms with Crippen LogP contribution < -0.4 is 26.6 Å². The van der Waals surface area contributed by atoms with Gasteiger partial charge in [0.1, 0.15) is 24.7 Å². The molecule has 3 aromatic carbocycles. The Morgan fingerprint density at radius 3 is 2.03 bits per heavy atom. The van der Waals surface area contributed by atoms with Crippen molar-refractivity contribution >= 4 is 80.5 Å². The molecule has 0 saturated carbocycles. The molecule has 0 unspecified atom stereocenters. The zero-order valence-electron chi connectivity index (χ0n) is 52.0. The van der Waals surface area contributed by atoms with Crippen molar-refractivity contribution < 1.29 is 42.7 Å². The van der Waals surface area contributed by atoms with Crippen molar-refractivity contribution in [3.8, 4) is 11.1 Å². The fourth-order valence-electron chi connectivity index (χ4n) is 13.8. The van der Waals surface area contributed by atoms with E-state index in [4.69, 9.17) is 20.6 Å². The highest BCUT2D eigenvalue weighted by Crippen LogP contribution is 2.41. The van der Waals surface area contributed by atoms with E-state index in [-0.39, 0.29) is 73.8 Å². The molecule has 0 radical (unpaired) electrons. The number of fused-ring (bicyclic) bond motifs is 2. The number of esters is 1. The number of nitrogens with one attached hydrogen (secondary N) is 3. The number of piperidine rings is 5. The van der Waals surface area contributed by atoms with Crippen molar-refractivity contribution in [3.63, 3.8) is 0 Å².